The van der Waals surface area contributed by atoms with Gasteiger partial charge in [0, 0.05) is 36.4 Å². The molecular weight excluding hydrogens is 445 g/mol. The van der Waals surface area contributed by atoms with E-state index in [1.54, 1.807) is 31.0 Å². The maximum atomic E-state index is 15.9. The molecule has 0 fully saturated rings. The molecule has 0 saturated carbocycles. The molecule has 6 aromatic heterocycles. The number of rotatable bonds is 5. The Balaban J connectivity index is 1.49. The van der Waals surface area contributed by atoms with Crippen molar-refractivity contribution >= 4 is 27.6 Å². The number of nitrogens with one attached hydrogen (secondary N) is 3. The molecule has 0 bridgehead atoms. The first-order chi connectivity index (χ1) is 17.1. The predicted octanol–water partition coefficient (Wildman–Crippen LogP) is 4.98. The third kappa shape index (κ3) is 3.65. The van der Waals surface area contributed by atoms with Gasteiger partial charge in [-0.1, -0.05) is 6.07 Å². The molecule has 6 heterocycles. The van der Waals surface area contributed by atoms with Crippen LogP contribution in [0.1, 0.15) is 13.8 Å². The van der Waals surface area contributed by atoms with E-state index in [2.05, 4.69) is 40.4 Å². The molecule has 0 amide bonds. The molecule has 6 rings (SSSR count). The van der Waals surface area contributed by atoms with Crippen LogP contribution >= 0.6 is 0 Å². The Hall–Kier alpha value is -4.73. The zero-order valence-electron chi connectivity index (χ0n) is 18.9. The van der Waals surface area contributed by atoms with Crippen molar-refractivity contribution in [2.45, 2.75) is 19.9 Å². The normalized spacial score (nSPS) is 11.5. The second kappa shape index (κ2) is 8.24. The lowest BCUT2D eigenvalue weighted by molar-refractivity contribution is 0.638. The first kappa shape index (κ1) is 20.8. The predicted molar refractivity (Wildman–Crippen MR) is 132 cm³/mol. The number of hydrogen-bond donors (Lipinski definition) is 3. The number of imidazole rings is 1. The third-order valence-corrected chi connectivity index (χ3v) is 5.54. The quantitative estimate of drug-likeness (QED) is 0.328. The molecular formula is C25H20FN9. The smallest absolute Gasteiger partial charge is 0.161 e. The molecule has 0 aromatic carbocycles. The first-order valence-electron chi connectivity index (χ1n) is 11.1. The van der Waals surface area contributed by atoms with E-state index in [1.165, 1.54) is 0 Å². The number of nitrogens with zero attached hydrogens (tertiary/aromatic N) is 6. The summed E-state index contributed by atoms with van der Waals surface area (Å²) in [6, 6.07) is 9.46. The van der Waals surface area contributed by atoms with E-state index in [1.807, 2.05) is 44.2 Å². The summed E-state index contributed by atoms with van der Waals surface area (Å²) in [6.07, 6.45) is 8.25. The number of hydrogen-bond acceptors (Lipinski definition) is 7. The van der Waals surface area contributed by atoms with Gasteiger partial charge < -0.3 is 10.3 Å². The van der Waals surface area contributed by atoms with Gasteiger partial charge in [-0.25, -0.2) is 9.37 Å². The number of pyridine rings is 4. The summed E-state index contributed by atoms with van der Waals surface area (Å²) in [4.78, 5) is 25.4. The Labute approximate surface area is 198 Å². The molecule has 0 saturated heterocycles. The van der Waals surface area contributed by atoms with E-state index in [4.69, 9.17) is 4.98 Å². The Morgan fingerprint density at radius 2 is 1.83 bits per heavy atom. The summed E-state index contributed by atoms with van der Waals surface area (Å²) in [5, 5.41) is 10.8. The van der Waals surface area contributed by atoms with Crippen LogP contribution < -0.4 is 5.32 Å². The molecule has 0 unspecified atom stereocenters. The number of halogens is 1. The molecule has 10 heteroatoms. The van der Waals surface area contributed by atoms with Gasteiger partial charge in [-0.05, 0) is 38.1 Å². The number of aromatic amines is 2. The fraction of sp³-hybridized carbons (Fsp3) is 0.120. The van der Waals surface area contributed by atoms with E-state index in [0.717, 1.165) is 11.2 Å². The van der Waals surface area contributed by atoms with Gasteiger partial charge >= 0.3 is 0 Å². The molecule has 3 N–H and O–H groups in total. The number of H-pyrrole nitrogens is 2. The number of aromatic nitrogens is 8. The lowest BCUT2D eigenvalue weighted by Crippen LogP contribution is -2.09. The standard InChI is InChI=1S/C25H20FN9/c1-13(2)31-15-9-14(10-27-11-15)21-20(26)19-18(12-30-21)34-35-24(19)25-32-17-6-8-29-22(23(17)33-25)16-5-3-4-7-28-16/h3-13,31H,1-2H3,(H,32,33)(H,34,35). The van der Waals surface area contributed by atoms with Crippen molar-refractivity contribution in [3.8, 4) is 34.2 Å². The Kier molecular flexibility index (Phi) is 4.91. The molecule has 0 aliphatic rings. The van der Waals surface area contributed by atoms with Gasteiger partial charge in [0.25, 0.3) is 0 Å². The fourth-order valence-electron chi connectivity index (χ4n) is 4.07. The molecule has 35 heavy (non-hydrogen) atoms. The lowest BCUT2D eigenvalue weighted by Gasteiger charge is -2.11. The second-order valence-electron chi connectivity index (χ2n) is 8.40. The highest BCUT2D eigenvalue weighted by atomic mass is 19.1. The highest BCUT2D eigenvalue weighted by molar-refractivity contribution is 5.97. The fourth-order valence-corrected chi connectivity index (χ4v) is 4.07. The van der Waals surface area contributed by atoms with Gasteiger partial charge in [0.05, 0.1) is 34.0 Å². The molecule has 9 nitrogen and oxygen atoms in total. The van der Waals surface area contributed by atoms with Gasteiger partial charge in [0.1, 0.15) is 22.6 Å². The summed E-state index contributed by atoms with van der Waals surface area (Å²) in [5.74, 6) is -0.0842. The average molecular weight is 465 g/mol. The molecule has 0 aliphatic heterocycles. The maximum absolute atomic E-state index is 15.9. The number of fused-ring (bicyclic) bond motifs is 2. The maximum Gasteiger partial charge on any atom is 0.161 e. The molecule has 0 spiro atoms. The summed E-state index contributed by atoms with van der Waals surface area (Å²) < 4.78 is 15.9. The van der Waals surface area contributed by atoms with Crippen LogP contribution in [0.4, 0.5) is 10.1 Å². The first-order valence-corrected chi connectivity index (χ1v) is 11.1. The van der Waals surface area contributed by atoms with Crippen LogP contribution in [0.3, 0.4) is 0 Å². The highest BCUT2D eigenvalue weighted by Crippen LogP contribution is 2.34. The van der Waals surface area contributed by atoms with E-state index >= 15 is 4.39 Å². The van der Waals surface area contributed by atoms with Gasteiger partial charge in [0.15, 0.2) is 11.6 Å². The minimum atomic E-state index is -0.502. The van der Waals surface area contributed by atoms with E-state index in [0.29, 0.717) is 44.9 Å². The van der Waals surface area contributed by atoms with Crippen molar-refractivity contribution in [3.63, 3.8) is 0 Å². The van der Waals surface area contributed by atoms with Crippen molar-refractivity contribution in [2.75, 3.05) is 5.32 Å². The van der Waals surface area contributed by atoms with Gasteiger partial charge in [0.2, 0.25) is 0 Å². The molecule has 0 radical (unpaired) electrons. The van der Waals surface area contributed by atoms with Gasteiger partial charge in [-0.3, -0.25) is 25.0 Å². The highest BCUT2D eigenvalue weighted by Gasteiger charge is 2.21. The van der Waals surface area contributed by atoms with Crippen LogP contribution in [0.25, 0.3) is 56.1 Å². The average Bonchev–Trinajstić information content (AvgIpc) is 3.49. The monoisotopic (exact) mass is 465 g/mol. The van der Waals surface area contributed by atoms with Crippen LogP contribution in [0.5, 0.6) is 0 Å². The molecule has 172 valence electrons. The van der Waals surface area contributed by atoms with Crippen molar-refractivity contribution in [1.82, 2.24) is 40.1 Å². The topological polar surface area (TPSA) is 121 Å². The largest absolute Gasteiger partial charge is 0.382 e. The van der Waals surface area contributed by atoms with Crippen LogP contribution in [0.15, 0.2) is 61.3 Å². The Morgan fingerprint density at radius 3 is 2.66 bits per heavy atom. The van der Waals surface area contributed by atoms with Gasteiger partial charge in [-0.15, -0.1) is 0 Å². The SMILES string of the molecule is CC(C)Nc1cncc(-c2ncc3[nH]nc(-c4nc5c(-c6ccccn6)nccc5[nH]4)c3c2F)c1. The Morgan fingerprint density at radius 1 is 0.914 bits per heavy atom. The van der Waals surface area contributed by atoms with Crippen LogP contribution in [-0.4, -0.2) is 46.1 Å². The minimum Gasteiger partial charge on any atom is -0.382 e. The zero-order chi connectivity index (χ0) is 23.9. The molecule has 0 atom stereocenters. The minimum absolute atomic E-state index is 0.187. The van der Waals surface area contributed by atoms with E-state index in [9.17, 15) is 0 Å². The van der Waals surface area contributed by atoms with Crippen molar-refractivity contribution in [3.05, 3.63) is 67.1 Å². The van der Waals surface area contributed by atoms with Crippen LogP contribution in [-0.2, 0) is 0 Å². The van der Waals surface area contributed by atoms with Gasteiger partial charge in [-0.2, -0.15) is 5.10 Å². The van der Waals surface area contributed by atoms with Crippen molar-refractivity contribution < 1.29 is 4.39 Å². The molecule has 0 aliphatic carbocycles. The summed E-state index contributed by atoms with van der Waals surface area (Å²) in [5.41, 5.74) is 5.07. The van der Waals surface area contributed by atoms with E-state index in [-0.39, 0.29) is 11.7 Å². The van der Waals surface area contributed by atoms with E-state index < -0.39 is 5.82 Å². The zero-order valence-corrected chi connectivity index (χ0v) is 18.9. The number of anilines is 1. The third-order valence-electron chi connectivity index (χ3n) is 5.54. The Bertz CT molecular complexity index is 1670. The summed E-state index contributed by atoms with van der Waals surface area (Å²) >= 11 is 0. The van der Waals surface area contributed by atoms with Crippen LogP contribution in [0.2, 0.25) is 0 Å². The lowest BCUT2D eigenvalue weighted by atomic mass is 10.1. The molecule has 6 aromatic rings. The summed E-state index contributed by atoms with van der Waals surface area (Å²) in [6.45, 7) is 4.05. The van der Waals surface area contributed by atoms with Crippen molar-refractivity contribution in [1.29, 1.82) is 0 Å². The summed E-state index contributed by atoms with van der Waals surface area (Å²) in [7, 11) is 0. The van der Waals surface area contributed by atoms with Crippen molar-refractivity contribution in [2.24, 2.45) is 0 Å². The second-order valence-corrected chi connectivity index (χ2v) is 8.40. The van der Waals surface area contributed by atoms with Crippen LogP contribution in [0, 0.1) is 5.82 Å².